The molecule has 0 bridgehead atoms. The van der Waals surface area contributed by atoms with E-state index in [2.05, 4.69) is 0 Å². The van der Waals surface area contributed by atoms with Crippen LogP contribution < -0.4 is 4.74 Å². The summed E-state index contributed by atoms with van der Waals surface area (Å²) in [6.45, 7) is 4.52. The number of benzene rings is 2. The molecule has 0 N–H and O–H groups in total. The molecule has 3 heterocycles. The largest absolute Gasteiger partial charge is 0.494 e. The van der Waals surface area contributed by atoms with Gasteiger partial charge in [0.25, 0.3) is 5.91 Å². The lowest BCUT2D eigenvalue weighted by molar-refractivity contribution is -0.123. The van der Waals surface area contributed by atoms with Gasteiger partial charge in [-0.15, -0.1) is 0 Å². The van der Waals surface area contributed by atoms with E-state index in [1.807, 2.05) is 68.6 Å². The van der Waals surface area contributed by atoms with E-state index in [0.29, 0.717) is 22.3 Å². The average molecular weight is 540 g/mol. The molecule has 0 spiro atoms. The van der Waals surface area contributed by atoms with Gasteiger partial charge in [0.2, 0.25) is 0 Å². The van der Waals surface area contributed by atoms with E-state index < -0.39 is 15.9 Å². The lowest BCUT2D eigenvalue weighted by Gasteiger charge is -2.20. The normalized spacial score (nSPS) is 20.4. The number of amides is 1. The molecule has 1 atom stereocenters. The highest BCUT2D eigenvalue weighted by Crippen LogP contribution is 2.38. The van der Waals surface area contributed by atoms with Gasteiger partial charge in [-0.1, -0.05) is 42.2 Å². The molecule has 2 fully saturated rings. The number of thioether (sulfide) groups is 1. The van der Waals surface area contributed by atoms with Gasteiger partial charge in [0.1, 0.15) is 15.8 Å². The molecule has 7 nitrogen and oxygen atoms in total. The number of carbonyl (C=O) groups excluding carboxylic acids is 1. The molecule has 0 saturated carbocycles. The molecular weight excluding hydrogens is 515 g/mol. The van der Waals surface area contributed by atoms with Crippen molar-refractivity contribution in [1.82, 2.24) is 14.7 Å². The van der Waals surface area contributed by atoms with E-state index in [4.69, 9.17) is 22.1 Å². The molecule has 2 aliphatic rings. The van der Waals surface area contributed by atoms with Crippen molar-refractivity contribution < 1.29 is 17.9 Å². The first kappa shape index (κ1) is 24.7. The Kier molecular flexibility index (Phi) is 6.76. The van der Waals surface area contributed by atoms with Gasteiger partial charge in [-0.2, -0.15) is 5.10 Å². The van der Waals surface area contributed by atoms with Crippen LogP contribution in [-0.4, -0.2) is 57.5 Å². The Balaban J connectivity index is 1.55. The van der Waals surface area contributed by atoms with Gasteiger partial charge in [-0.25, -0.2) is 13.1 Å². The number of hydrogen-bond donors (Lipinski definition) is 0. The minimum atomic E-state index is -3.14. The lowest BCUT2D eigenvalue weighted by Crippen LogP contribution is -2.39. The van der Waals surface area contributed by atoms with Crippen molar-refractivity contribution in [2.75, 3.05) is 18.1 Å². The number of ether oxygens (including phenoxy) is 1. The van der Waals surface area contributed by atoms with Gasteiger partial charge in [0.15, 0.2) is 9.84 Å². The number of aromatic nitrogens is 2. The molecule has 36 heavy (non-hydrogen) atoms. The number of hydrogen-bond acceptors (Lipinski definition) is 7. The standard InChI is InChI=1S/C26H25N3O4S3/c1-3-33-22-10-9-18(13-17(22)2)24-19(15-28(27-24)20-7-5-4-6-8-20)14-23-25(30)29(26(34)35-23)21-11-12-36(31,32)16-21/h4-10,13-15,21H,3,11-12,16H2,1-2H3/b23-14-. The van der Waals surface area contributed by atoms with E-state index in [1.54, 1.807) is 10.8 Å². The van der Waals surface area contributed by atoms with Gasteiger partial charge in [-0.3, -0.25) is 9.69 Å². The third-order valence-electron chi connectivity index (χ3n) is 6.20. The molecule has 10 heteroatoms. The number of carbonyl (C=O) groups is 1. The van der Waals surface area contributed by atoms with Crippen molar-refractivity contribution in [2.24, 2.45) is 0 Å². The van der Waals surface area contributed by atoms with E-state index in [9.17, 15) is 13.2 Å². The van der Waals surface area contributed by atoms with Crippen LogP contribution in [0, 0.1) is 6.92 Å². The zero-order chi connectivity index (χ0) is 25.4. The molecule has 0 radical (unpaired) electrons. The Labute approximate surface area is 220 Å². The molecule has 0 aliphatic carbocycles. The van der Waals surface area contributed by atoms with E-state index in [-0.39, 0.29) is 17.4 Å². The quantitative estimate of drug-likeness (QED) is 0.334. The Hall–Kier alpha value is -2.95. The summed E-state index contributed by atoms with van der Waals surface area (Å²) in [4.78, 5) is 15.3. The highest BCUT2D eigenvalue weighted by molar-refractivity contribution is 8.26. The number of nitrogens with zero attached hydrogens (tertiary/aromatic N) is 3. The molecule has 1 aromatic heterocycles. The molecule has 1 amide bonds. The minimum absolute atomic E-state index is 0.0463. The second-order valence-electron chi connectivity index (χ2n) is 8.74. The van der Waals surface area contributed by atoms with Crippen molar-refractivity contribution in [3.63, 3.8) is 0 Å². The van der Waals surface area contributed by atoms with Gasteiger partial charge in [0, 0.05) is 17.3 Å². The van der Waals surface area contributed by atoms with Crippen LogP contribution >= 0.6 is 24.0 Å². The molecule has 186 valence electrons. The molecular formula is C26H25N3O4S3. The zero-order valence-electron chi connectivity index (χ0n) is 19.9. The average Bonchev–Trinajstić information content (AvgIpc) is 3.51. The Morgan fingerprint density at radius 3 is 2.67 bits per heavy atom. The van der Waals surface area contributed by atoms with Crippen molar-refractivity contribution >= 4 is 50.1 Å². The summed E-state index contributed by atoms with van der Waals surface area (Å²) in [5.74, 6) is 0.597. The maximum Gasteiger partial charge on any atom is 0.266 e. The molecule has 2 aliphatic heterocycles. The first-order valence-electron chi connectivity index (χ1n) is 11.6. The SMILES string of the molecule is CCOc1ccc(-c2nn(-c3ccccc3)cc2/C=C2\SC(=S)N(C3CCS(=O)(=O)C3)C2=O)cc1C. The zero-order valence-corrected chi connectivity index (χ0v) is 22.3. The highest BCUT2D eigenvalue weighted by Gasteiger charge is 2.42. The van der Waals surface area contributed by atoms with Gasteiger partial charge in [-0.05, 0) is 62.2 Å². The van der Waals surface area contributed by atoms with Crippen molar-refractivity contribution in [3.8, 4) is 22.7 Å². The van der Waals surface area contributed by atoms with Crippen LogP contribution in [0.3, 0.4) is 0 Å². The predicted molar refractivity (Wildman–Crippen MR) is 147 cm³/mol. The Morgan fingerprint density at radius 1 is 1.22 bits per heavy atom. The van der Waals surface area contributed by atoms with E-state index >= 15 is 0 Å². The fourth-order valence-corrected chi connectivity index (χ4v) is 7.55. The van der Waals surface area contributed by atoms with Crippen molar-refractivity contribution in [2.45, 2.75) is 26.3 Å². The maximum absolute atomic E-state index is 13.3. The van der Waals surface area contributed by atoms with Crippen LogP contribution in [0.2, 0.25) is 0 Å². The summed E-state index contributed by atoms with van der Waals surface area (Å²) >= 11 is 6.69. The molecule has 5 rings (SSSR count). The lowest BCUT2D eigenvalue weighted by atomic mass is 10.0. The number of para-hydroxylation sites is 1. The third kappa shape index (κ3) is 4.85. The summed E-state index contributed by atoms with van der Waals surface area (Å²) in [5.41, 5.74) is 4.27. The fraction of sp³-hybridized carbons (Fsp3) is 0.269. The summed E-state index contributed by atoms with van der Waals surface area (Å²) in [7, 11) is -3.14. The number of sulfone groups is 1. The maximum atomic E-state index is 13.3. The predicted octanol–water partition coefficient (Wildman–Crippen LogP) is 4.63. The third-order valence-corrected chi connectivity index (χ3v) is 9.28. The second-order valence-corrected chi connectivity index (χ2v) is 12.6. The first-order valence-corrected chi connectivity index (χ1v) is 14.7. The summed E-state index contributed by atoms with van der Waals surface area (Å²) in [6, 6.07) is 15.3. The second kappa shape index (κ2) is 9.84. The van der Waals surface area contributed by atoms with E-state index in [0.717, 1.165) is 33.8 Å². The monoisotopic (exact) mass is 539 g/mol. The summed E-state index contributed by atoms with van der Waals surface area (Å²) in [6.07, 6.45) is 4.10. The Bertz CT molecular complexity index is 1480. The Morgan fingerprint density at radius 2 is 2.00 bits per heavy atom. The summed E-state index contributed by atoms with van der Waals surface area (Å²) in [5, 5.41) is 4.85. The molecule has 3 aromatic rings. The van der Waals surface area contributed by atoms with Crippen LogP contribution in [0.5, 0.6) is 5.75 Å². The number of thiocarbonyl (C=S) groups is 1. The van der Waals surface area contributed by atoms with Crippen LogP contribution in [0.15, 0.2) is 59.6 Å². The van der Waals surface area contributed by atoms with Crippen LogP contribution in [-0.2, 0) is 14.6 Å². The summed E-state index contributed by atoms with van der Waals surface area (Å²) < 4.78 is 31.9. The molecule has 2 aromatic carbocycles. The minimum Gasteiger partial charge on any atom is -0.494 e. The topological polar surface area (TPSA) is 81.5 Å². The number of rotatable bonds is 6. The van der Waals surface area contributed by atoms with Crippen LogP contribution in [0.25, 0.3) is 23.0 Å². The van der Waals surface area contributed by atoms with Crippen molar-refractivity contribution in [3.05, 3.63) is 70.8 Å². The fourth-order valence-electron chi connectivity index (χ4n) is 4.46. The highest BCUT2D eigenvalue weighted by atomic mass is 32.2. The van der Waals surface area contributed by atoms with E-state index in [1.165, 1.54) is 16.7 Å². The first-order chi connectivity index (χ1) is 17.3. The smallest absolute Gasteiger partial charge is 0.266 e. The molecule has 1 unspecified atom stereocenters. The number of aryl methyl sites for hydroxylation is 1. The van der Waals surface area contributed by atoms with Gasteiger partial charge >= 0.3 is 0 Å². The van der Waals surface area contributed by atoms with Crippen LogP contribution in [0.1, 0.15) is 24.5 Å². The van der Waals surface area contributed by atoms with Crippen LogP contribution in [0.4, 0.5) is 0 Å². The van der Waals surface area contributed by atoms with Gasteiger partial charge < -0.3 is 4.74 Å². The van der Waals surface area contributed by atoms with Crippen molar-refractivity contribution in [1.29, 1.82) is 0 Å². The molecule has 2 saturated heterocycles. The van der Waals surface area contributed by atoms with Gasteiger partial charge in [0.05, 0.1) is 34.7 Å².